The number of nitrogens with two attached hydrogens (primary N) is 1. The zero-order valence-electron chi connectivity index (χ0n) is 35.1. The van der Waals surface area contributed by atoms with Crippen LogP contribution in [0, 0.1) is 6.92 Å². The molecule has 4 aromatic heterocycles. The molecule has 16 nitrogen and oxygen atoms in total. The number of nitrogens with zero attached hydrogens (tertiary/aromatic N) is 7. The summed E-state index contributed by atoms with van der Waals surface area (Å²) >= 11 is 0. The highest BCUT2D eigenvalue weighted by molar-refractivity contribution is 6.14. The SMILES string of the molecule is Cc1cc2c(cc1OCCCC(=O)Nc1cn(C)c(C(=O)Cc3cc(C(=O)Nc4cc(C(=O)n5ccc6cc(N)ccc65)n(C)c4)n(C)c3)n1)N=C[C@@H]1Cc3ccccc3N1C2=O. The molecule has 318 valence electrons. The second-order valence-electron chi connectivity index (χ2n) is 16.0. The number of rotatable bonds is 12. The molecule has 16 heteroatoms. The number of aliphatic imine (C=N–C) groups is 1. The topological polar surface area (TPSA) is 193 Å². The molecule has 0 saturated heterocycles. The molecular formula is C47H44N10O6. The Morgan fingerprint density at radius 2 is 1.70 bits per heavy atom. The average molecular weight is 845 g/mol. The molecule has 2 aliphatic rings. The largest absolute Gasteiger partial charge is 0.493 e. The van der Waals surface area contributed by atoms with Crippen LogP contribution in [0.2, 0.25) is 0 Å². The van der Waals surface area contributed by atoms with Crippen LogP contribution in [0.3, 0.4) is 0 Å². The van der Waals surface area contributed by atoms with Crippen molar-refractivity contribution in [3.8, 4) is 5.75 Å². The van der Waals surface area contributed by atoms with Crippen LogP contribution in [-0.2, 0) is 38.8 Å². The van der Waals surface area contributed by atoms with Crippen molar-refractivity contribution in [3.05, 3.63) is 137 Å². The molecule has 4 N–H and O–H groups in total. The van der Waals surface area contributed by atoms with E-state index in [2.05, 4.69) is 20.6 Å². The van der Waals surface area contributed by atoms with Gasteiger partial charge in [-0.25, -0.2) is 4.98 Å². The molecule has 1 atom stereocenters. The zero-order chi connectivity index (χ0) is 44.1. The van der Waals surface area contributed by atoms with Crippen molar-refractivity contribution in [2.75, 3.05) is 27.9 Å². The molecule has 0 fully saturated rings. The summed E-state index contributed by atoms with van der Waals surface area (Å²) in [6.07, 6.45) is 9.67. The first-order valence-corrected chi connectivity index (χ1v) is 20.4. The second-order valence-corrected chi connectivity index (χ2v) is 16.0. The minimum absolute atomic E-state index is 0.0362. The monoisotopic (exact) mass is 844 g/mol. The van der Waals surface area contributed by atoms with E-state index in [0.717, 1.165) is 22.2 Å². The van der Waals surface area contributed by atoms with E-state index in [0.29, 0.717) is 63.7 Å². The number of ketones is 1. The molecule has 2 aliphatic heterocycles. The Balaban J connectivity index is 0.767. The summed E-state index contributed by atoms with van der Waals surface area (Å²) < 4.78 is 12.4. The number of hydrogen-bond donors (Lipinski definition) is 3. The van der Waals surface area contributed by atoms with Crippen LogP contribution in [0.4, 0.5) is 28.6 Å². The van der Waals surface area contributed by atoms with Crippen LogP contribution < -0.4 is 26.0 Å². The summed E-state index contributed by atoms with van der Waals surface area (Å²) in [7, 11) is 5.11. The van der Waals surface area contributed by atoms with Gasteiger partial charge in [0.2, 0.25) is 11.7 Å². The first-order valence-electron chi connectivity index (χ1n) is 20.4. The number of para-hydroxylation sites is 1. The van der Waals surface area contributed by atoms with Crippen molar-refractivity contribution < 1.29 is 28.7 Å². The Morgan fingerprint density at radius 3 is 2.54 bits per heavy atom. The quantitative estimate of drug-likeness (QED) is 0.0715. The highest BCUT2D eigenvalue weighted by atomic mass is 16.5. The van der Waals surface area contributed by atoms with E-state index in [1.54, 1.807) is 96.0 Å². The number of aryl methyl sites for hydroxylation is 4. The van der Waals surface area contributed by atoms with Crippen molar-refractivity contribution in [2.24, 2.45) is 26.1 Å². The molecule has 63 heavy (non-hydrogen) atoms. The number of carbonyl (C=O) groups is 5. The fourth-order valence-corrected chi connectivity index (χ4v) is 8.33. The maximum Gasteiger partial charge on any atom is 0.279 e. The van der Waals surface area contributed by atoms with Gasteiger partial charge in [0.25, 0.3) is 17.7 Å². The van der Waals surface area contributed by atoms with Crippen molar-refractivity contribution in [2.45, 2.75) is 38.6 Å². The molecule has 0 unspecified atom stereocenters. The van der Waals surface area contributed by atoms with Crippen LogP contribution in [0.25, 0.3) is 10.9 Å². The molecule has 3 amide bonds. The second kappa shape index (κ2) is 16.1. The van der Waals surface area contributed by atoms with Crippen LogP contribution in [-0.4, -0.2) is 71.5 Å². The van der Waals surface area contributed by atoms with E-state index in [-0.39, 0.29) is 60.6 Å². The van der Waals surface area contributed by atoms with E-state index in [1.165, 1.54) is 4.57 Å². The lowest BCUT2D eigenvalue weighted by Gasteiger charge is -2.21. The van der Waals surface area contributed by atoms with Crippen LogP contribution >= 0.6 is 0 Å². The number of benzene rings is 3. The average Bonchev–Trinajstić information content (AvgIpc) is 4.07. The Hall–Kier alpha value is -8.01. The van der Waals surface area contributed by atoms with E-state index < -0.39 is 5.91 Å². The first-order chi connectivity index (χ1) is 30.3. The van der Waals surface area contributed by atoms with Gasteiger partial charge in [0, 0.05) is 94.2 Å². The third-order valence-corrected chi connectivity index (χ3v) is 11.4. The molecule has 0 spiro atoms. The molecule has 0 saturated carbocycles. The van der Waals surface area contributed by atoms with Crippen LogP contribution in [0.1, 0.15) is 71.5 Å². The first kappa shape index (κ1) is 40.4. The number of fused-ring (bicyclic) bond motifs is 5. The Bertz CT molecular complexity index is 3060. The Kier molecular flexibility index (Phi) is 10.3. The van der Waals surface area contributed by atoms with Crippen LogP contribution in [0.5, 0.6) is 5.75 Å². The lowest BCUT2D eigenvalue weighted by Crippen LogP contribution is -2.37. The summed E-state index contributed by atoms with van der Waals surface area (Å²) in [5.41, 5.74) is 12.8. The van der Waals surface area contributed by atoms with Gasteiger partial charge in [0.05, 0.1) is 35.1 Å². The number of imidazole rings is 1. The van der Waals surface area contributed by atoms with Gasteiger partial charge in [0.15, 0.2) is 11.6 Å². The highest BCUT2D eigenvalue weighted by Crippen LogP contribution is 2.38. The minimum Gasteiger partial charge on any atom is -0.493 e. The third kappa shape index (κ3) is 7.78. The Labute approximate surface area is 361 Å². The molecule has 9 rings (SSSR count). The number of amides is 3. The molecule has 7 aromatic rings. The fourth-order valence-electron chi connectivity index (χ4n) is 8.33. The summed E-state index contributed by atoms with van der Waals surface area (Å²) in [5, 5.41) is 6.47. The highest BCUT2D eigenvalue weighted by Gasteiger charge is 2.36. The number of nitrogen functional groups attached to an aromatic ring is 1. The summed E-state index contributed by atoms with van der Waals surface area (Å²) in [6, 6.07) is 21.8. The lowest BCUT2D eigenvalue weighted by atomic mass is 10.1. The number of Topliss-reactive ketones (excluding diaryl/α,β-unsaturated/α-hetero) is 1. The van der Waals surface area contributed by atoms with Gasteiger partial charge in [-0.1, -0.05) is 18.2 Å². The maximum atomic E-state index is 13.6. The molecule has 0 aliphatic carbocycles. The van der Waals surface area contributed by atoms with Gasteiger partial charge in [0.1, 0.15) is 17.1 Å². The van der Waals surface area contributed by atoms with Crippen molar-refractivity contribution in [1.82, 2.24) is 23.3 Å². The number of ether oxygens (including phenoxy) is 1. The van der Waals surface area contributed by atoms with Gasteiger partial charge in [-0.05, 0) is 78.6 Å². The minimum atomic E-state index is -0.416. The van der Waals surface area contributed by atoms with Gasteiger partial charge in [-0.2, -0.15) is 0 Å². The van der Waals surface area contributed by atoms with Gasteiger partial charge in [-0.15, -0.1) is 0 Å². The fraction of sp³-hybridized carbons (Fsp3) is 0.213. The number of aromatic nitrogens is 5. The number of hydrogen-bond acceptors (Lipinski definition) is 9. The molecule has 6 heterocycles. The predicted octanol–water partition coefficient (Wildman–Crippen LogP) is 6.39. The number of anilines is 4. The lowest BCUT2D eigenvalue weighted by molar-refractivity contribution is -0.116. The van der Waals surface area contributed by atoms with Gasteiger partial charge >= 0.3 is 0 Å². The molecular weight excluding hydrogens is 801 g/mol. The molecule has 0 radical (unpaired) electrons. The molecule has 3 aromatic carbocycles. The van der Waals surface area contributed by atoms with E-state index in [4.69, 9.17) is 10.5 Å². The van der Waals surface area contributed by atoms with Crippen molar-refractivity contribution in [1.29, 1.82) is 0 Å². The van der Waals surface area contributed by atoms with E-state index in [1.807, 2.05) is 54.4 Å². The van der Waals surface area contributed by atoms with Crippen LogP contribution in [0.15, 0.2) is 103 Å². The zero-order valence-corrected chi connectivity index (χ0v) is 35.1. The third-order valence-electron chi connectivity index (χ3n) is 11.4. The number of carbonyl (C=O) groups excluding carboxylic acids is 5. The summed E-state index contributed by atoms with van der Waals surface area (Å²) in [5.74, 6) is -0.394. The number of nitrogens with one attached hydrogen (secondary N) is 2. The molecule has 0 bridgehead atoms. The normalized spacial score (nSPS) is 14.0. The van der Waals surface area contributed by atoms with Gasteiger partial charge in [-0.3, -0.25) is 38.4 Å². The van der Waals surface area contributed by atoms with E-state index in [9.17, 15) is 24.0 Å². The van der Waals surface area contributed by atoms with Crippen molar-refractivity contribution >= 4 is 75.1 Å². The summed E-state index contributed by atoms with van der Waals surface area (Å²) in [6.45, 7) is 2.13. The van der Waals surface area contributed by atoms with E-state index >= 15 is 0 Å². The predicted molar refractivity (Wildman–Crippen MR) is 240 cm³/mol. The van der Waals surface area contributed by atoms with Crippen molar-refractivity contribution in [3.63, 3.8) is 0 Å². The Morgan fingerprint density at radius 1 is 0.889 bits per heavy atom. The van der Waals surface area contributed by atoms with Gasteiger partial charge < -0.3 is 34.8 Å². The standard InChI is InChI=1S/C47H44N10O6/c1-27-16-34-35(49-23-33-20-29-8-5-6-9-37(29)57(33)46(34)61)22-41(27)63-15-7-10-43(59)51-42-26-55(4)44(52-42)40(58)18-28-17-38(53(2)24-28)45(60)50-32-21-39(54(3)25-32)47(62)56-14-13-30-19-31(48)11-12-36(30)56/h5-6,8-9,11-14,16-17,19,21-26,33H,7,10,15,18,20,48H2,1-4H3,(H,50,60)(H,51,59)/t33-/m0/s1. The smallest absolute Gasteiger partial charge is 0.279 e. The maximum absolute atomic E-state index is 13.6. The summed E-state index contributed by atoms with van der Waals surface area (Å²) in [4.78, 5) is 77.7.